The van der Waals surface area contributed by atoms with E-state index in [1.807, 2.05) is 75.5 Å². The third kappa shape index (κ3) is 4.86. The van der Waals surface area contributed by atoms with Crippen LogP contribution in [0.4, 0.5) is 0 Å². The summed E-state index contributed by atoms with van der Waals surface area (Å²) in [5.74, 6) is 1.39. The fourth-order valence-corrected chi connectivity index (χ4v) is 3.01. The molecule has 1 atom stereocenters. The van der Waals surface area contributed by atoms with Gasteiger partial charge in [0, 0.05) is 12.6 Å². The second-order valence-corrected chi connectivity index (χ2v) is 6.70. The Morgan fingerprint density at radius 1 is 1.19 bits per heavy atom. The van der Waals surface area contributed by atoms with Gasteiger partial charge in [0.2, 0.25) is 5.91 Å². The number of nitrogens with zero attached hydrogens (tertiary/aromatic N) is 2. The van der Waals surface area contributed by atoms with Gasteiger partial charge in [-0.2, -0.15) is 0 Å². The molecule has 0 bridgehead atoms. The number of benzene rings is 2. The summed E-state index contributed by atoms with van der Waals surface area (Å²) in [6.45, 7) is 4.68. The average Bonchev–Trinajstić information content (AvgIpc) is 2.94. The summed E-state index contributed by atoms with van der Waals surface area (Å²) in [6.07, 6.45) is 0.137. The lowest BCUT2D eigenvalue weighted by molar-refractivity contribution is -0.166. The van der Waals surface area contributed by atoms with Crippen molar-refractivity contribution < 1.29 is 14.4 Å². The molecule has 0 saturated carbocycles. The number of hydrogen-bond acceptors (Lipinski definition) is 5. The predicted octanol–water partition coefficient (Wildman–Crippen LogP) is 2.92. The van der Waals surface area contributed by atoms with Gasteiger partial charge in [-0.15, -0.1) is 0 Å². The molecule has 0 spiro atoms. The van der Waals surface area contributed by atoms with Gasteiger partial charge in [0.25, 0.3) is 0 Å². The van der Waals surface area contributed by atoms with Crippen LogP contribution in [0, 0.1) is 6.92 Å². The number of aryl methyl sites for hydroxylation is 1. The van der Waals surface area contributed by atoms with Gasteiger partial charge in [-0.05, 0) is 31.5 Å². The summed E-state index contributed by atoms with van der Waals surface area (Å²) in [7, 11) is 1.81. The maximum atomic E-state index is 12.3. The summed E-state index contributed by atoms with van der Waals surface area (Å²) >= 11 is 0. The van der Waals surface area contributed by atoms with E-state index in [9.17, 15) is 4.79 Å². The molecule has 0 aromatic heterocycles. The van der Waals surface area contributed by atoms with Crippen LogP contribution in [0.2, 0.25) is 0 Å². The second kappa shape index (κ2) is 8.22. The van der Waals surface area contributed by atoms with E-state index in [0.717, 1.165) is 22.7 Å². The van der Waals surface area contributed by atoms with E-state index in [0.29, 0.717) is 13.2 Å². The Bertz CT molecular complexity index is 822. The molecule has 3 rings (SSSR count). The van der Waals surface area contributed by atoms with Crippen LogP contribution >= 0.6 is 0 Å². The molecule has 2 aromatic carbocycles. The molecule has 1 unspecified atom stereocenters. The Morgan fingerprint density at radius 2 is 1.89 bits per heavy atom. The summed E-state index contributed by atoms with van der Waals surface area (Å²) in [6, 6.07) is 17.5. The van der Waals surface area contributed by atoms with Crippen LogP contribution in [0.1, 0.15) is 24.5 Å². The molecular weight excluding hydrogens is 342 g/mol. The average molecular weight is 367 g/mol. The molecule has 6 nitrogen and oxygen atoms in total. The fourth-order valence-electron chi connectivity index (χ4n) is 3.01. The monoisotopic (exact) mass is 367 g/mol. The highest BCUT2D eigenvalue weighted by atomic mass is 16.7. The molecule has 1 N–H and O–H groups in total. The van der Waals surface area contributed by atoms with E-state index in [1.54, 1.807) is 5.06 Å². The van der Waals surface area contributed by atoms with Gasteiger partial charge in [0.05, 0.1) is 13.0 Å². The van der Waals surface area contributed by atoms with E-state index in [1.165, 1.54) is 0 Å². The van der Waals surface area contributed by atoms with Crippen LogP contribution in [0.3, 0.4) is 0 Å². The molecule has 0 saturated heterocycles. The van der Waals surface area contributed by atoms with Gasteiger partial charge >= 0.3 is 0 Å². The summed E-state index contributed by atoms with van der Waals surface area (Å²) < 4.78 is 5.57. The number of para-hydroxylation sites is 1. The zero-order valence-corrected chi connectivity index (χ0v) is 15.9. The Kier molecular flexibility index (Phi) is 5.76. The molecule has 27 heavy (non-hydrogen) atoms. The number of amidine groups is 1. The number of carbonyl (C=O) groups excluding carboxylic acids is 1. The van der Waals surface area contributed by atoms with Crippen molar-refractivity contribution in [3.63, 3.8) is 0 Å². The third-order valence-electron chi connectivity index (χ3n) is 4.28. The van der Waals surface area contributed by atoms with Gasteiger partial charge in [-0.1, -0.05) is 42.5 Å². The standard InChI is InChI=1S/C21H25N3O3/c1-16-9-7-8-12-18(16)20-23-21(2,27-24(20)3)15-19(25)22-13-14-26-17-10-5-4-6-11-17/h4-12H,13-15H2,1-3H3,(H,22,25). The molecule has 0 fully saturated rings. The highest BCUT2D eigenvalue weighted by Crippen LogP contribution is 2.28. The molecule has 1 amide bonds. The summed E-state index contributed by atoms with van der Waals surface area (Å²) in [5.41, 5.74) is 1.19. The second-order valence-electron chi connectivity index (χ2n) is 6.70. The number of carbonyl (C=O) groups is 1. The highest BCUT2D eigenvalue weighted by molar-refractivity contribution is 6.00. The predicted molar refractivity (Wildman–Crippen MR) is 105 cm³/mol. The van der Waals surface area contributed by atoms with Crippen molar-refractivity contribution in [2.75, 3.05) is 20.2 Å². The first-order valence-electron chi connectivity index (χ1n) is 9.00. The van der Waals surface area contributed by atoms with Crippen LogP contribution in [-0.4, -0.2) is 42.7 Å². The third-order valence-corrected chi connectivity index (χ3v) is 4.28. The molecule has 1 aliphatic rings. The largest absolute Gasteiger partial charge is 0.492 e. The molecule has 0 radical (unpaired) electrons. The van der Waals surface area contributed by atoms with Crippen molar-refractivity contribution in [1.29, 1.82) is 0 Å². The van der Waals surface area contributed by atoms with Gasteiger partial charge in [0.1, 0.15) is 12.4 Å². The molecule has 6 heteroatoms. The van der Waals surface area contributed by atoms with Crippen molar-refractivity contribution in [2.24, 2.45) is 4.99 Å². The van der Waals surface area contributed by atoms with Crippen molar-refractivity contribution in [1.82, 2.24) is 10.4 Å². The van der Waals surface area contributed by atoms with E-state index < -0.39 is 5.72 Å². The Morgan fingerprint density at radius 3 is 2.63 bits per heavy atom. The first-order chi connectivity index (χ1) is 13.0. The molecule has 1 aliphatic heterocycles. The maximum Gasteiger partial charge on any atom is 0.225 e. The lowest BCUT2D eigenvalue weighted by Gasteiger charge is -2.21. The van der Waals surface area contributed by atoms with Crippen LogP contribution < -0.4 is 10.1 Å². The number of ether oxygens (including phenoxy) is 1. The zero-order valence-electron chi connectivity index (χ0n) is 15.9. The quantitative estimate of drug-likeness (QED) is 0.765. The van der Waals surface area contributed by atoms with Crippen molar-refractivity contribution >= 4 is 11.7 Å². The normalized spacial score (nSPS) is 18.9. The summed E-state index contributed by atoms with van der Waals surface area (Å²) in [4.78, 5) is 22.8. The van der Waals surface area contributed by atoms with Crippen molar-refractivity contribution in [3.05, 3.63) is 65.7 Å². The highest BCUT2D eigenvalue weighted by Gasteiger charge is 2.38. The van der Waals surface area contributed by atoms with Gasteiger partial charge < -0.3 is 10.1 Å². The Balaban J connectivity index is 1.53. The van der Waals surface area contributed by atoms with Crippen LogP contribution in [0.5, 0.6) is 5.75 Å². The first-order valence-corrected chi connectivity index (χ1v) is 9.00. The Hall–Kier alpha value is -2.86. The van der Waals surface area contributed by atoms with Crippen LogP contribution in [-0.2, 0) is 9.63 Å². The van der Waals surface area contributed by atoms with E-state index in [-0.39, 0.29) is 12.3 Å². The molecule has 2 aromatic rings. The van der Waals surface area contributed by atoms with E-state index >= 15 is 0 Å². The fraction of sp³-hybridized carbons (Fsp3) is 0.333. The lowest BCUT2D eigenvalue weighted by atomic mass is 10.1. The molecular formula is C21H25N3O3. The van der Waals surface area contributed by atoms with Crippen molar-refractivity contribution in [3.8, 4) is 5.75 Å². The van der Waals surface area contributed by atoms with Gasteiger partial charge in [0.15, 0.2) is 11.6 Å². The lowest BCUT2D eigenvalue weighted by Crippen LogP contribution is -2.36. The SMILES string of the molecule is Cc1ccccc1C1=NC(C)(CC(=O)NCCOc2ccccc2)ON1C. The number of aliphatic imine (C=N–C) groups is 1. The van der Waals surface area contributed by atoms with E-state index in [4.69, 9.17) is 9.57 Å². The molecule has 0 aliphatic carbocycles. The van der Waals surface area contributed by atoms with Crippen molar-refractivity contribution in [2.45, 2.75) is 26.0 Å². The topological polar surface area (TPSA) is 63.2 Å². The van der Waals surface area contributed by atoms with Gasteiger partial charge in [-0.3, -0.25) is 4.79 Å². The molecule has 1 heterocycles. The molecule has 142 valence electrons. The minimum absolute atomic E-state index is 0.127. The van der Waals surface area contributed by atoms with E-state index in [2.05, 4.69) is 10.3 Å². The Labute approximate surface area is 159 Å². The number of hydrogen-bond donors (Lipinski definition) is 1. The number of rotatable bonds is 7. The van der Waals surface area contributed by atoms with Crippen LogP contribution in [0.15, 0.2) is 59.6 Å². The van der Waals surface area contributed by atoms with Gasteiger partial charge in [-0.25, -0.2) is 14.9 Å². The number of hydroxylamine groups is 2. The maximum absolute atomic E-state index is 12.3. The smallest absolute Gasteiger partial charge is 0.225 e. The van der Waals surface area contributed by atoms with Crippen LogP contribution in [0.25, 0.3) is 0 Å². The number of amides is 1. The minimum atomic E-state index is -0.920. The first kappa shape index (κ1) is 18.9. The number of nitrogens with one attached hydrogen (secondary N) is 1. The zero-order chi connectivity index (χ0) is 19.3. The summed E-state index contributed by atoms with van der Waals surface area (Å²) in [5, 5.41) is 4.49. The minimum Gasteiger partial charge on any atom is -0.492 e.